The molecule has 0 heterocycles. The summed E-state index contributed by atoms with van der Waals surface area (Å²) in [4.78, 5) is 34.8. The minimum atomic E-state index is -4.39. The fourth-order valence-electron chi connectivity index (χ4n) is 5.42. The largest absolute Gasteiger partial charge is 0.472 e. The molecule has 0 rings (SSSR count). The van der Waals surface area contributed by atoms with E-state index in [-0.39, 0.29) is 32.6 Å². The van der Waals surface area contributed by atoms with Crippen molar-refractivity contribution in [2.45, 2.75) is 174 Å². The summed E-state index contributed by atoms with van der Waals surface area (Å²) in [5, 5.41) is 0. The van der Waals surface area contributed by atoms with Crippen molar-refractivity contribution >= 4 is 19.8 Å². The molecule has 0 radical (unpaired) electrons. The van der Waals surface area contributed by atoms with E-state index in [1.165, 1.54) is 57.8 Å². The fraction of sp³-hybridized carbons (Fsp3) is 0.689. The van der Waals surface area contributed by atoms with E-state index in [4.69, 9.17) is 24.3 Å². The first-order valence-corrected chi connectivity index (χ1v) is 22.9. The van der Waals surface area contributed by atoms with E-state index in [1.54, 1.807) is 0 Å². The van der Waals surface area contributed by atoms with Gasteiger partial charge in [-0.3, -0.25) is 18.6 Å². The van der Waals surface area contributed by atoms with Gasteiger partial charge in [0, 0.05) is 19.4 Å². The van der Waals surface area contributed by atoms with Crippen molar-refractivity contribution in [1.82, 2.24) is 0 Å². The Morgan fingerprint density at radius 2 is 1.00 bits per heavy atom. The summed E-state index contributed by atoms with van der Waals surface area (Å²) in [6.45, 7) is 3.52. The van der Waals surface area contributed by atoms with Gasteiger partial charge in [0.15, 0.2) is 6.10 Å². The molecular weight excluding hydrogens is 713 g/mol. The van der Waals surface area contributed by atoms with Crippen LogP contribution in [-0.2, 0) is 32.7 Å². The van der Waals surface area contributed by atoms with Crippen LogP contribution in [0.2, 0.25) is 0 Å². The Morgan fingerprint density at radius 3 is 1.53 bits per heavy atom. The van der Waals surface area contributed by atoms with Gasteiger partial charge in [0.2, 0.25) is 0 Å². The van der Waals surface area contributed by atoms with Gasteiger partial charge in [-0.2, -0.15) is 0 Å². The molecule has 10 heteroatoms. The van der Waals surface area contributed by atoms with Gasteiger partial charge in [-0.1, -0.05) is 145 Å². The average Bonchev–Trinajstić information content (AvgIpc) is 3.17. The van der Waals surface area contributed by atoms with Gasteiger partial charge < -0.3 is 20.1 Å². The van der Waals surface area contributed by atoms with E-state index < -0.39 is 32.5 Å². The normalized spacial score (nSPS) is 14.0. The zero-order chi connectivity index (χ0) is 40.3. The Balaban J connectivity index is 4.22. The molecule has 0 saturated carbocycles. The first kappa shape index (κ1) is 52.5. The highest BCUT2D eigenvalue weighted by Crippen LogP contribution is 2.43. The number of allylic oxidation sites excluding steroid dienone is 12. The fourth-order valence-corrected chi connectivity index (χ4v) is 6.18. The second kappa shape index (κ2) is 41.1. The van der Waals surface area contributed by atoms with E-state index >= 15 is 0 Å². The van der Waals surface area contributed by atoms with Crippen molar-refractivity contribution in [3.63, 3.8) is 0 Å². The van der Waals surface area contributed by atoms with Crippen LogP contribution in [0.1, 0.15) is 168 Å². The molecular formula is C45H78NO8P. The van der Waals surface area contributed by atoms with Crippen LogP contribution in [0.4, 0.5) is 0 Å². The van der Waals surface area contributed by atoms with Crippen LogP contribution >= 0.6 is 7.82 Å². The van der Waals surface area contributed by atoms with Crippen molar-refractivity contribution in [3.8, 4) is 0 Å². The van der Waals surface area contributed by atoms with E-state index in [0.29, 0.717) is 6.42 Å². The Bertz CT molecular complexity index is 1130. The molecule has 9 nitrogen and oxygen atoms in total. The van der Waals surface area contributed by atoms with Gasteiger partial charge in [0.05, 0.1) is 13.2 Å². The van der Waals surface area contributed by atoms with Crippen LogP contribution < -0.4 is 5.73 Å². The molecule has 0 aromatic carbocycles. The van der Waals surface area contributed by atoms with Crippen LogP contribution in [0.15, 0.2) is 72.9 Å². The van der Waals surface area contributed by atoms with Crippen LogP contribution in [-0.4, -0.2) is 49.3 Å². The van der Waals surface area contributed by atoms with Crippen molar-refractivity contribution in [2.75, 3.05) is 26.4 Å². The number of phosphoric ester groups is 1. The van der Waals surface area contributed by atoms with Gasteiger partial charge in [-0.05, 0) is 83.5 Å². The lowest BCUT2D eigenvalue weighted by atomic mass is 10.1. The van der Waals surface area contributed by atoms with Gasteiger partial charge in [-0.25, -0.2) is 4.57 Å². The quantitative estimate of drug-likeness (QED) is 0.0270. The zero-order valence-electron chi connectivity index (χ0n) is 34.6. The number of phosphoric acid groups is 1. The zero-order valence-corrected chi connectivity index (χ0v) is 35.5. The molecule has 0 bridgehead atoms. The predicted molar refractivity (Wildman–Crippen MR) is 229 cm³/mol. The summed E-state index contributed by atoms with van der Waals surface area (Å²) in [5.41, 5.74) is 5.34. The van der Waals surface area contributed by atoms with E-state index in [1.807, 2.05) is 0 Å². The number of unbranched alkanes of at least 4 members (excludes halogenated alkanes) is 14. The monoisotopic (exact) mass is 792 g/mol. The summed E-state index contributed by atoms with van der Waals surface area (Å²) < 4.78 is 32.7. The lowest BCUT2D eigenvalue weighted by Crippen LogP contribution is -2.29. The molecule has 0 aromatic heterocycles. The minimum absolute atomic E-state index is 0.0424. The molecule has 0 aliphatic heterocycles. The number of carbonyl (C=O) groups is 2. The topological polar surface area (TPSA) is 134 Å². The number of esters is 2. The second-order valence-corrected chi connectivity index (χ2v) is 15.3. The van der Waals surface area contributed by atoms with Crippen molar-refractivity contribution in [1.29, 1.82) is 0 Å². The lowest BCUT2D eigenvalue weighted by molar-refractivity contribution is -0.161. The maximum absolute atomic E-state index is 12.6. The predicted octanol–water partition coefficient (Wildman–Crippen LogP) is 12.3. The summed E-state index contributed by atoms with van der Waals surface area (Å²) in [7, 11) is -4.39. The molecule has 0 spiro atoms. The van der Waals surface area contributed by atoms with Gasteiger partial charge in [-0.15, -0.1) is 0 Å². The Kier molecular flexibility index (Phi) is 39.2. The molecule has 0 fully saturated rings. The Hall–Kier alpha value is -2.55. The van der Waals surface area contributed by atoms with E-state index in [0.717, 1.165) is 77.0 Å². The highest BCUT2D eigenvalue weighted by atomic mass is 31.2. The summed E-state index contributed by atoms with van der Waals surface area (Å²) >= 11 is 0. The molecule has 1 unspecified atom stereocenters. The molecule has 0 aliphatic rings. The summed E-state index contributed by atoms with van der Waals surface area (Å²) in [6.07, 6.45) is 49.3. The summed E-state index contributed by atoms with van der Waals surface area (Å²) in [6, 6.07) is 0. The number of hydrogen-bond donors (Lipinski definition) is 2. The molecule has 55 heavy (non-hydrogen) atoms. The smallest absolute Gasteiger partial charge is 0.462 e. The van der Waals surface area contributed by atoms with E-state index in [2.05, 4.69) is 86.8 Å². The van der Waals surface area contributed by atoms with Crippen molar-refractivity contribution in [3.05, 3.63) is 72.9 Å². The molecule has 2 atom stereocenters. The minimum Gasteiger partial charge on any atom is -0.462 e. The summed E-state index contributed by atoms with van der Waals surface area (Å²) in [5.74, 6) is -0.888. The average molecular weight is 792 g/mol. The number of carbonyl (C=O) groups excluding carboxylic acids is 2. The number of rotatable bonds is 39. The van der Waals surface area contributed by atoms with Gasteiger partial charge in [0.25, 0.3) is 0 Å². The SMILES string of the molecule is CCC=CCC=CCC=CCC=CCCCCC(=O)O[C@H](COC(=O)CCCCCCCCCCCC=CCC=CCCCCC)COP(=O)(O)OCCN. The molecule has 0 aliphatic carbocycles. The Labute approximate surface area is 335 Å². The highest BCUT2D eigenvalue weighted by molar-refractivity contribution is 7.47. The number of hydrogen-bond acceptors (Lipinski definition) is 8. The standard InChI is InChI=1S/C45H78NO8P/c1-3-5-7-9-11-13-15-17-19-20-21-22-24-25-27-29-31-33-35-37-44(47)51-41-43(42-53-55(49,50)52-40-39-46)54-45(48)38-36-34-32-30-28-26-23-18-16-14-12-10-8-6-4-2/h6,8,11-14,17-19,23,28,30,43H,3-5,7,9-10,15-16,20-22,24-27,29,31-42,46H2,1-2H3,(H,49,50)/t43-/m1/s1. The highest BCUT2D eigenvalue weighted by Gasteiger charge is 2.25. The second-order valence-electron chi connectivity index (χ2n) is 13.8. The molecule has 0 amide bonds. The number of nitrogens with two attached hydrogens (primary N) is 1. The van der Waals surface area contributed by atoms with E-state index in [9.17, 15) is 19.0 Å². The third kappa shape index (κ3) is 40.9. The van der Waals surface area contributed by atoms with Gasteiger partial charge >= 0.3 is 19.8 Å². The van der Waals surface area contributed by atoms with Gasteiger partial charge in [0.1, 0.15) is 6.61 Å². The molecule has 0 saturated heterocycles. The van der Waals surface area contributed by atoms with Crippen LogP contribution in [0.5, 0.6) is 0 Å². The molecule has 0 aromatic rings. The number of ether oxygens (including phenoxy) is 2. The molecule has 3 N–H and O–H groups in total. The Morgan fingerprint density at radius 1 is 0.564 bits per heavy atom. The molecule has 316 valence electrons. The maximum Gasteiger partial charge on any atom is 0.472 e. The van der Waals surface area contributed by atoms with Crippen molar-refractivity contribution in [2.24, 2.45) is 5.73 Å². The van der Waals surface area contributed by atoms with Crippen LogP contribution in [0, 0.1) is 0 Å². The van der Waals surface area contributed by atoms with Crippen molar-refractivity contribution < 1.29 is 37.6 Å². The third-order valence-corrected chi connectivity index (χ3v) is 9.56. The van der Waals surface area contributed by atoms with Crippen LogP contribution in [0.3, 0.4) is 0 Å². The maximum atomic E-state index is 12.6. The van der Waals surface area contributed by atoms with Crippen LogP contribution in [0.25, 0.3) is 0 Å². The third-order valence-electron chi connectivity index (χ3n) is 8.58. The first-order valence-electron chi connectivity index (χ1n) is 21.4. The lowest BCUT2D eigenvalue weighted by Gasteiger charge is -2.19. The first-order chi connectivity index (χ1) is 26.8.